The molecule has 1 aliphatic carbocycles. The van der Waals surface area contributed by atoms with Gasteiger partial charge in [0, 0.05) is 36.0 Å². The molecule has 2 aromatic rings. The predicted molar refractivity (Wildman–Crippen MR) is 98.0 cm³/mol. The Morgan fingerprint density at radius 1 is 1.32 bits per heavy atom. The first-order valence-corrected chi connectivity index (χ1v) is 8.60. The van der Waals surface area contributed by atoms with Crippen molar-refractivity contribution in [3.8, 4) is 0 Å². The fraction of sp³-hybridized carbons (Fsp3) is 0.350. The summed E-state index contributed by atoms with van der Waals surface area (Å²) in [5, 5.41) is 11.1. The molecule has 0 spiro atoms. The van der Waals surface area contributed by atoms with Gasteiger partial charge in [0.05, 0.1) is 24.0 Å². The van der Waals surface area contributed by atoms with Gasteiger partial charge in [0.2, 0.25) is 0 Å². The van der Waals surface area contributed by atoms with Gasteiger partial charge >= 0.3 is 0 Å². The van der Waals surface area contributed by atoms with Crippen LogP contribution < -0.4 is 0 Å². The average molecular weight is 334 g/mol. The SMILES string of the molecule is C=N/C=C1/c2ccccc2C(C2CCc3nc(C)ncc3C2O)N1C. The first-order chi connectivity index (χ1) is 12.1. The maximum atomic E-state index is 11.1. The molecule has 128 valence electrons. The van der Waals surface area contributed by atoms with E-state index in [4.69, 9.17) is 0 Å². The van der Waals surface area contributed by atoms with Gasteiger partial charge in [0.15, 0.2) is 0 Å². The number of aromatic nitrogens is 2. The van der Waals surface area contributed by atoms with Crippen LogP contribution in [0.5, 0.6) is 0 Å². The summed E-state index contributed by atoms with van der Waals surface area (Å²) in [5.41, 5.74) is 5.30. The Kier molecular flexibility index (Phi) is 3.88. The molecule has 0 saturated carbocycles. The molecule has 0 bridgehead atoms. The topological polar surface area (TPSA) is 61.6 Å². The van der Waals surface area contributed by atoms with Crippen molar-refractivity contribution in [3.05, 3.63) is 64.9 Å². The molecule has 0 fully saturated rings. The van der Waals surface area contributed by atoms with E-state index in [0.29, 0.717) is 0 Å². The summed E-state index contributed by atoms with van der Waals surface area (Å²) in [6.07, 6.45) is 4.78. The zero-order valence-electron chi connectivity index (χ0n) is 14.6. The van der Waals surface area contributed by atoms with Gasteiger partial charge in [-0.15, -0.1) is 0 Å². The lowest BCUT2D eigenvalue weighted by molar-refractivity contribution is 0.0498. The first-order valence-electron chi connectivity index (χ1n) is 8.60. The number of hydrogen-bond acceptors (Lipinski definition) is 5. The number of aliphatic hydroxyl groups is 1. The summed E-state index contributed by atoms with van der Waals surface area (Å²) in [4.78, 5) is 15.0. The van der Waals surface area contributed by atoms with Crippen LogP contribution in [0.3, 0.4) is 0 Å². The Balaban J connectivity index is 1.76. The predicted octanol–water partition coefficient (Wildman–Crippen LogP) is 3.07. The zero-order valence-corrected chi connectivity index (χ0v) is 14.6. The van der Waals surface area contributed by atoms with Gasteiger partial charge in [-0.2, -0.15) is 0 Å². The molecule has 2 aliphatic rings. The molecule has 3 unspecified atom stereocenters. The Hall–Kier alpha value is -2.53. The van der Waals surface area contributed by atoms with E-state index in [9.17, 15) is 5.11 Å². The zero-order chi connectivity index (χ0) is 17.6. The molecule has 5 heteroatoms. The maximum Gasteiger partial charge on any atom is 0.125 e. The fourth-order valence-corrected chi connectivity index (χ4v) is 4.30. The van der Waals surface area contributed by atoms with Crippen LogP contribution in [0.25, 0.3) is 5.70 Å². The second kappa shape index (κ2) is 6.08. The highest BCUT2D eigenvalue weighted by Crippen LogP contribution is 2.50. The number of aryl methyl sites for hydroxylation is 2. The molecule has 4 rings (SSSR count). The van der Waals surface area contributed by atoms with Crippen molar-refractivity contribution < 1.29 is 5.11 Å². The minimum atomic E-state index is -0.569. The summed E-state index contributed by atoms with van der Waals surface area (Å²) < 4.78 is 0. The van der Waals surface area contributed by atoms with Crippen molar-refractivity contribution >= 4 is 12.4 Å². The van der Waals surface area contributed by atoms with Crippen molar-refractivity contribution in [2.45, 2.75) is 31.9 Å². The third-order valence-electron chi connectivity index (χ3n) is 5.43. The molecule has 1 aliphatic heterocycles. The molecular weight excluding hydrogens is 312 g/mol. The number of benzene rings is 1. The van der Waals surface area contributed by atoms with Crippen LogP contribution in [0, 0.1) is 12.8 Å². The molecule has 0 amide bonds. The van der Waals surface area contributed by atoms with Crippen LogP contribution in [0.1, 0.15) is 46.8 Å². The van der Waals surface area contributed by atoms with Crippen LogP contribution in [0.15, 0.2) is 41.7 Å². The largest absolute Gasteiger partial charge is 0.388 e. The summed E-state index contributed by atoms with van der Waals surface area (Å²) in [6, 6.07) is 8.45. The van der Waals surface area contributed by atoms with Gasteiger partial charge in [-0.1, -0.05) is 24.3 Å². The Labute approximate surface area is 147 Å². The first kappa shape index (κ1) is 16.0. The normalized spacial score (nSPS) is 26.4. The van der Waals surface area contributed by atoms with E-state index in [2.05, 4.69) is 51.8 Å². The molecule has 1 N–H and O–H groups in total. The lowest BCUT2D eigenvalue weighted by Gasteiger charge is -2.37. The smallest absolute Gasteiger partial charge is 0.125 e. The molecule has 25 heavy (non-hydrogen) atoms. The molecule has 0 saturated heterocycles. The summed E-state index contributed by atoms with van der Waals surface area (Å²) in [5.74, 6) is 0.843. The van der Waals surface area contributed by atoms with E-state index >= 15 is 0 Å². The van der Waals surface area contributed by atoms with Gasteiger partial charge < -0.3 is 10.0 Å². The van der Waals surface area contributed by atoms with E-state index in [0.717, 1.165) is 35.6 Å². The summed E-state index contributed by atoms with van der Waals surface area (Å²) in [6.45, 7) is 5.49. The van der Waals surface area contributed by atoms with Crippen molar-refractivity contribution in [3.63, 3.8) is 0 Å². The van der Waals surface area contributed by atoms with Crippen LogP contribution >= 0.6 is 0 Å². The molecular formula is C20H22N4O. The second-order valence-electron chi connectivity index (χ2n) is 6.81. The Morgan fingerprint density at radius 2 is 2.12 bits per heavy atom. The van der Waals surface area contributed by atoms with Gasteiger partial charge in [-0.3, -0.25) is 4.99 Å². The van der Waals surface area contributed by atoms with Gasteiger partial charge in [0.25, 0.3) is 0 Å². The van der Waals surface area contributed by atoms with Gasteiger partial charge in [0.1, 0.15) is 5.82 Å². The number of aliphatic imine (C=N–C) groups is 1. The fourth-order valence-electron chi connectivity index (χ4n) is 4.30. The van der Waals surface area contributed by atoms with Crippen LogP contribution in [-0.4, -0.2) is 33.7 Å². The average Bonchev–Trinajstić information content (AvgIpc) is 2.88. The van der Waals surface area contributed by atoms with Crippen LogP contribution in [-0.2, 0) is 6.42 Å². The van der Waals surface area contributed by atoms with Crippen molar-refractivity contribution in [1.29, 1.82) is 0 Å². The summed E-state index contributed by atoms with van der Waals surface area (Å²) >= 11 is 0. The van der Waals surface area contributed by atoms with E-state index in [1.165, 1.54) is 11.1 Å². The number of fused-ring (bicyclic) bond motifs is 2. The number of aliphatic hydroxyl groups excluding tert-OH is 1. The highest BCUT2D eigenvalue weighted by molar-refractivity contribution is 5.72. The number of hydrogen-bond donors (Lipinski definition) is 1. The summed E-state index contributed by atoms with van der Waals surface area (Å²) in [7, 11) is 2.07. The Morgan fingerprint density at radius 3 is 2.92 bits per heavy atom. The highest BCUT2D eigenvalue weighted by atomic mass is 16.3. The van der Waals surface area contributed by atoms with Crippen LogP contribution in [0.4, 0.5) is 0 Å². The van der Waals surface area contributed by atoms with Gasteiger partial charge in [-0.25, -0.2) is 9.97 Å². The Bertz CT molecular complexity index is 861. The third-order valence-corrected chi connectivity index (χ3v) is 5.43. The van der Waals surface area contributed by atoms with E-state index in [1.54, 1.807) is 12.4 Å². The monoisotopic (exact) mass is 334 g/mol. The molecule has 1 aromatic carbocycles. The molecule has 5 nitrogen and oxygen atoms in total. The lowest BCUT2D eigenvalue weighted by atomic mass is 9.78. The number of rotatable bonds is 2. The lowest BCUT2D eigenvalue weighted by Crippen LogP contribution is -2.32. The van der Waals surface area contributed by atoms with Crippen molar-refractivity contribution in [2.24, 2.45) is 10.9 Å². The molecule has 1 aromatic heterocycles. The quantitative estimate of drug-likeness (QED) is 0.858. The standard InChI is InChI=1S/C20H22N4O/c1-12-22-10-16-17(23-12)9-8-15(20(16)25)19-14-7-5-4-6-13(14)18(11-21-2)24(19)3/h4-7,10-11,15,19-20,25H,2,8-9H2,1,3H3/b18-11-. The van der Waals surface area contributed by atoms with Gasteiger partial charge in [-0.05, 0) is 32.0 Å². The van der Waals surface area contributed by atoms with Crippen molar-refractivity contribution in [1.82, 2.24) is 14.9 Å². The van der Waals surface area contributed by atoms with E-state index in [1.807, 2.05) is 13.0 Å². The number of nitrogens with zero attached hydrogens (tertiary/aromatic N) is 4. The van der Waals surface area contributed by atoms with Crippen LogP contribution in [0.2, 0.25) is 0 Å². The molecule has 3 atom stereocenters. The van der Waals surface area contributed by atoms with Crippen molar-refractivity contribution in [2.75, 3.05) is 7.05 Å². The maximum absolute atomic E-state index is 11.1. The molecule has 0 radical (unpaired) electrons. The molecule has 2 heterocycles. The minimum Gasteiger partial charge on any atom is -0.388 e. The highest BCUT2D eigenvalue weighted by Gasteiger charge is 2.42. The van der Waals surface area contributed by atoms with E-state index < -0.39 is 6.10 Å². The minimum absolute atomic E-state index is 0.0840. The second-order valence-corrected chi connectivity index (χ2v) is 6.81. The van der Waals surface area contributed by atoms with E-state index in [-0.39, 0.29) is 12.0 Å². The third kappa shape index (κ3) is 2.46.